The molecule has 2 rings (SSSR count). The molecule has 15 nitrogen and oxygen atoms in total. The molecule has 2 atom stereocenters. The summed E-state index contributed by atoms with van der Waals surface area (Å²) in [7, 11) is 0. The number of aromatic nitrogens is 2. The van der Waals surface area contributed by atoms with E-state index >= 15 is 0 Å². The number of carboxylic acid groups (broad SMARTS) is 1. The van der Waals surface area contributed by atoms with Crippen LogP contribution in [-0.4, -0.2) is 90.7 Å². The maximum atomic E-state index is 14.3. The number of anilines is 1. The number of aliphatic carboxylic acids is 1. The van der Waals surface area contributed by atoms with Gasteiger partial charge in [-0.15, -0.1) is 0 Å². The van der Waals surface area contributed by atoms with E-state index in [1.54, 1.807) is 0 Å². The molecule has 0 unspecified atom stereocenters. The van der Waals surface area contributed by atoms with Crippen molar-refractivity contribution in [3.8, 4) is 0 Å². The number of hydrazine groups is 1. The number of nitrogens with two attached hydrogens (primary N) is 1. The van der Waals surface area contributed by atoms with Crippen LogP contribution < -0.4 is 21.9 Å². The van der Waals surface area contributed by atoms with Crippen LogP contribution in [0.1, 0.15) is 43.3 Å². The van der Waals surface area contributed by atoms with Crippen LogP contribution in [0, 0.1) is 0 Å². The molecule has 0 aliphatic heterocycles. The lowest BCUT2D eigenvalue weighted by Gasteiger charge is -2.33. The second-order valence-electron chi connectivity index (χ2n) is 8.31. The molecule has 1 heterocycles. The average Bonchev–Trinajstić information content (AvgIpc) is 2.85. The largest absolute Gasteiger partial charge is 0.481 e. The fourth-order valence-electron chi connectivity index (χ4n) is 3.41. The predicted molar refractivity (Wildman–Crippen MR) is 117 cm³/mol. The number of hydrogen-bond donors (Lipinski definition) is 6. The van der Waals surface area contributed by atoms with E-state index in [0.29, 0.717) is 30.1 Å². The van der Waals surface area contributed by atoms with Gasteiger partial charge in [0.15, 0.2) is 11.9 Å². The van der Waals surface area contributed by atoms with Crippen molar-refractivity contribution in [2.45, 2.75) is 62.2 Å². The summed E-state index contributed by atoms with van der Waals surface area (Å²) in [6.45, 7) is -1.95. The van der Waals surface area contributed by atoms with Crippen LogP contribution in [0.5, 0.6) is 0 Å². The van der Waals surface area contributed by atoms with Gasteiger partial charge in [-0.2, -0.15) is 18.8 Å². The third-order valence-electron chi connectivity index (χ3n) is 5.58. The number of carbonyl (C=O) groups is 4. The summed E-state index contributed by atoms with van der Waals surface area (Å²) in [6, 6.07) is 0.701. The number of ether oxygens (including phenoxy) is 1. The SMILES string of the molecule is NC1(C(=O)NN(C(=O)OCCC(=O)O)c2ccn(C(=O)C(F)(F)[C@H](O)[C@H](O)CO)c(=O)n2)CCCCC1. The Labute approximate surface area is 207 Å². The predicted octanol–water partition coefficient (Wildman–Crippen LogP) is -1.66. The molecule has 1 fully saturated rings. The number of carboxylic acids is 1. The molecule has 17 heteroatoms. The molecule has 0 bridgehead atoms. The van der Waals surface area contributed by atoms with E-state index in [4.69, 9.17) is 20.7 Å². The van der Waals surface area contributed by atoms with E-state index in [0.717, 1.165) is 6.42 Å². The van der Waals surface area contributed by atoms with Crippen LogP contribution in [0.25, 0.3) is 0 Å². The smallest absolute Gasteiger partial charge is 0.434 e. The zero-order valence-corrected chi connectivity index (χ0v) is 19.4. The minimum absolute atomic E-state index is 0.224. The summed E-state index contributed by atoms with van der Waals surface area (Å²) in [4.78, 5) is 64.0. The van der Waals surface area contributed by atoms with Gasteiger partial charge in [0, 0.05) is 12.3 Å². The first-order valence-corrected chi connectivity index (χ1v) is 11.0. The Morgan fingerprint density at radius 2 is 1.86 bits per heavy atom. The molecular weight excluding hydrogens is 508 g/mol. The Morgan fingerprint density at radius 1 is 1.24 bits per heavy atom. The van der Waals surface area contributed by atoms with Gasteiger partial charge in [-0.25, -0.2) is 14.2 Å². The number of rotatable bonds is 9. The van der Waals surface area contributed by atoms with Crippen LogP contribution in [0.4, 0.5) is 19.4 Å². The molecule has 0 saturated heterocycles. The van der Waals surface area contributed by atoms with Crippen molar-refractivity contribution in [2.75, 3.05) is 18.2 Å². The Bertz CT molecular complexity index is 1080. The van der Waals surface area contributed by atoms with Crippen molar-refractivity contribution in [3.05, 3.63) is 22.7 Å². The van der Waals surface area contributed by atoms with E-state index < -0.39 is 78.7 Å². The molecule has 1 aliphatic carbocycles. The van der Waals surface area contributed by atoms with E-state index in [2.05, 4.69) is 10.4 Å². The lowest BCUT2D eigenvalue weighted by molar-refractivity contribution is -0.137. The first kappa shape index (κ1) is 29.7. The summed E-state index contributed by atoms with van der Waals surface area (Å²) in [6.07, 6.45) is -4.40. The van der Waals surface area contributed by atoms with Crippen molar-refractivity contribution in [2.24, 2.45) is 5.73 Å². The molecule has 37 heavy (non-hydrogen) atoms. The number of nitrogens with one attached hydrogen (secondary N) is 1. The fraction of sp³-hybridized carbons (Fsp3) is 0.600. The molecule has 7 N–H and O–H groups in total. The standard InChI is InChI=1S/C20H27F2N5O10/c21-20(22,14(32)11(29)10-28)16(34)26-8-4-12(24-17(26)35)27(18(36)37-9-5-13(30)31)25-15(33)19(23)6-2-1-3-7-19/h4,8,11,14,28-29,32H,1-3,5-7,9-10,23H2,(H,25,33)(H,30,31)/t11-,14-/m1/s1. The van der Waals surface area contributed by atoms with Gasteiger partial charge in [0.05, 0.1) is 18.6 Å². The zero-order chi connectivity index (χ0) is 28.0. The fourth-order valence-corrected chi connectivity index (χ4v) is 3.41. The van der Waals surface area contributed by atoms with E-state index in [-0.39, 0.29) is 17.4 Å². The number of hydrogen-bond acceptors (Lipinski definition) is 11. The highest BCUT2D eigenvalue weighted by atomic mass is 19.3. The Hall–Kier alpha value is -3.54. The number of amides is 2. The second kappa shape index (κ2) is 12.1. The number of aliphatic hydroxyl groups is 3. The summed E-state index contributed by atoms with van der Waals surface area (Å²) in [5.74, 6) is -9.90. The molecule has 0 spiro atoms. The van der Waals surface area contributed by atoms with E-state index in [1.165, 1.54) is 0 Å². The summed E-state index contributed by atoms with van der Waals surface area (Å²) in [5.41, 5.74) is 5.19. The van der Waals surface area contributed by atoms with E-state index in [1.807, 2.05) is 0 Å². The van der Waals surface area contributed by atoms with Crippen LogP contribution in [0.3, 0.4) is 0 Å². The topological polar surface area (TPSA) is 235 Å². The van der Waals surface area contributed by atoms with Crippen molar-refractivity contribution in [1.82, 2.24) is 15.0 Å². The van der Waals surface area contributed by atoms with Crippen LogP contribution >= 0.6 is 0 Å². The summed E-state index contributed by atoms with van der Waals surface area (Å²) < 4.78 is 33.1. The van der Waals surface area contributed by atoms with Gasteiger partial charge in [-0.1, -0.05) is 19.3 Å². The maximum absolute atomic E-state index is 14.3. The first-order valence-electron chi connectivity index (χ1n) is 11.0. The van der Waals surface area contributed by atoms with Crippen LogP contribution in [0.15, 0.2) is 17.1 Å². The minimum atomic E-state index is -4.73. The Balaban J connectivity index is 2.37. The normalized spacial score (nSPS) is 16.8. The monoisotopic (exact) mass is 535 g/mol. The molecule has 206 valence electrons. The molecule has 1 saturated carbocycles. The van der Waals surface area contributed by atoms with Crippen molar-refractivity contribution in [1.29, 1.82) is 0 Å². The van der Waals surface area contributed by atoms with Gasteiger partial charge in [0.2, 0.25) is 0 Å². The minimum Gasteiger partial charge on any atom is -0.481 e. The van der Waals surface area contributed by atoms with Gasteiger partial charge in [-0.3, -0.25) is 19.8 Å². The van der Waals surface area contributed by atoms with Gasteiger partial charge < -0.3 is 30.9 Å². The second-order valence-corrected chi connectivity index (χ2v) is 8.31. The molecular formula is C20H27F2N5O10. The highest BCUT2D eigenvalue weighted by molar-refractivity contribution is 5.95. The van der Waals surface area contributed by atoms with Gasteiger partial charge in [-0.05, 0) is 12.8 Å². The molecule has 0 radical (unpaired) electrons. The highest BCUT2D eigenvalue weighted by Gasteiger charge is 2.51. The Morgan fingerprint density at radius 3 is 2.41 bits per heavy atom. The van der Waals surface area contributed by atoms with E-state index in [9.17, 15) is 43.0 Å². The molecule has 1 aromatic heterocycles. The zero-order valence-electron chi connectivity index (χ0n) is 19.4. The van der Waals surface area contributed by atoms with Crippen molar-refractivity contribution in [3.63, 3.8) is 0 Å². The van der Waals surface area contributed by atoms with Crippen LogP contribution in [0.2, 0.25) is 0 Å². The molecule has 2 amide bonds. The lowest BCUT2D eigenvalue weighted by Crippen LogP contribution is -2.60. The highest BCUT2D eigenvalue weighted by Crippen LogP contribution is 2.27. The first-order chi connectivity index (χ1) is 17.2. The number of carbonyl (C=O) groups excluding carboxylic acids is 3. The number of alkyl halides is 2. The van der Waals surface area contributed by atoms with Crippen LogP contribution in [-0.2, 0) is 14.3 Å². The van der Waals surface area contributed by atoms with Gasteiger partial charge in [0.1, 0.15) is 12.7 Å². The number of aliphatic hydroxyl groups excluding tert-OH is 3. The third-order valence-corrected chi connectivity index (χ3v) is 5.58. The quantitative estimate of drug-likeness (QED) is 0.195. The number of halogens is 2. The molecule has 1 aliphatic rings. The molecule has 0 aromatic carbocycles. The lowest BCUT2D eigenvalue weighted by atomic mass is 9.82. The van der Waals surface area contributed by atoms with Crippen molar-refractivity contribution >= 4 is 29.7 Å². The molecule has 1 aromatic rings. The summed E-state index contributed by atoms with van der Waals surface area (Å²) >= 11 is 0. The number of nitrogens with zero attached hydrogens (tertiary/aromatic N) is 3. The third kappa shape index (κ3) is 7.03. The summed E-state index contributed by atoms with van der Waals surface area (Å²) in [5, 5.41) is 36.5. The Kier molecular flexibility index (Phi) is 9.73. The van der Waals surface area contributed by atoms with Gasteiger partial charge in [0.25, 0.3) is 5.91 Å². The van der Waals surface area contributed by atoms with Gasteiger partial charge >= 0.3 is 29.6 Å². The maximum Gasteiger partial charge on any atom is 0.434 e. The van der Waals surface area contributed by atoms with Crippen molar-refractivity contribution < 1.29 is 53.1 Å². The average molecular weight is 535 g/mol.